The van der Waals surface area contributed by atoms with Crippen molar-refractivity contribution in [1.82, 2.24) is 0 Å². The molecule has 0 saturated carbocycles. The molecule has 0 aliphatic carbocycles. The topological polar surface area (TPSA) is 124 Å². The van der Waals surface area contributed by atoms with E-state index in [4.69, 9.17) is 0 Å². The minimum absolute atomic E-state index is 0.855. The Morgan fingerprint density at radius 3 is 1.89 bits per heavy atom. The fraction of sp³-hybridized carbons (Fsp3) is 0.429. The van der Waals surface area contributed by atoms with Gasteiger partial charge in [0.2, 0.25) is 5.76 Å². The first-order valence-corrected chi connectivity index (χ1v) is 12.1. The summed E-state index contributed by atoms with van der Waals surface area (Å²) in [6.07, 6.45) is 25.9. The van der Waals surface area contributed by atoms with Crippen molar-refractivity contribution >= 4 is 11.8 Å². The van der Waals surface area contributed by atoms with Crippen LogP contribution < -0.4 is 0 Å². The van der Waals surface area contributed by atoms with Crippen molar-refractivity contribution in [2.45, 2.75) is 76.6 Å². The standard InChI is InChI=1S/C28H38O7/c1-2-3-4-5-6-7-8-9-10-11-12-13-14-15-16-17-18-19-20-21-22(29)23(30)24(31)27-25(32)26(33)28(34)35-27/h10-21,23-24,27,30-33H,2-9H2,1H3/t23?,24-,27+/m0/s1. The van der Waals surface area contributed by atoms with E-state index in [9.17, 15) is 30.0 Å². The number of hydrogen-bond donors (Lipinski definition) is 4. The van der Waals surface area contributed by atoms with Crippen LogP contribution in [0.25, 0.3) is 0 Å². The van der Waals surface area contributed by atoms with Crippen LogP contribution in [0.15, 0.2) is 84.4 Å². The van der Waals surface area contributed by atoms with E-state index < -0.39 is 41.6 Å². The zero-order valence-electron chi connectivity index (χ0n) is 20.3. The van der Waals surface area contributed by atoms with Gasteiger partial charge in [0, 0.05) is 0 Å². The fourth-order valence-electron chi connectivity index (χ4n) is 3.19. The van der Waals surface area contributed by atoms with E-state index in [0.717, 1.165) is 12.5 Å². The van der Waals surface area contributed by atoms with E-state index in [-0.39, 0.29) is 0 Å². The van der Waals surface area contributed by atoms with Gasteiger partial charge in [0.15, 0.2) is 17.6 Å². The number of cyclic esters (lactones) is 1. The molecule has 7 heteroatoms. The lowest BCUT2D eigenvalue weighted by molar-refractivity contribution is -0.153. The number of rotatable bonds is 17. The fourth-order valence-corrected chi connectivity index (χ4v) is 3.19. The number of unbranched alkanes of at least 4 members (excludes halogenated alkanes) is 7. The molecule has 1 aliphatic heterocycles. The normalized spacial score (nSPS) is 18.9. The number of aliphatic hydroxyl groups is 4. The number of carbonyl (C=O) groups is 2. The summed E-state index contributed by atoms with van der Waals surface area (Å²) in [6.45, 7) is 2.23. The van der Waals surface area contributed by atoms with Crippen LogP contribution in [-0.4, -0.2) is 50.5 Å². The van der Waals surface area contributed by atoms with Gasteiger partial charge in [0.05, 0.1) is 0 Å². The Labute approximate surface area is 207 Å². The van der Waals surface area contributed by atoms with Crippen molar-refractivity contribution in [2.24, 2.45) is 0 Å². The average molecular weight is 487 g/mol. The highest BCUT2D eigenvalue weighted by atomic mass is 16.6. The molecule has 4 N–H and O–H groups in total. The van der Waals surface area contributed by atoms with Gasteiger partial charge in [-0.15, -0.1) is 0 Å². The van der Waals surface area contributed by atoms with E-state index in [1.54, 1.807) is 18.2 Å². The van der Waals surface area contributed by atoms with Gasteiger partial charge >= 0.3 is 5.97 Å². The van der Waals surface area contributed by atoms with E-state index in [0.29, 0.717) is 0 Å². The van der Waals surface area contributed by atoms with Gasteiger partial charge in [-0.05, 0) is 18.9 Å². The van der Waals surface area contributed by atoms with Crippen LogP contribution in [0.5, 0.6) is 0 Å². The number of aliphatic hydroxyl groups excluding tert-OH is 4. The van der Waals surface area contributed by atoms with Crippen molar-refractivity contribution in [2.75, 3.05) is 0 Å². The van der Waals surface area contributed by atoms with Crippen molar-refractivity contribution in [1.29, 1.82) is 0 Å². The highest BCUT2D eigenvalue weighted by Gasteiger charge is 2.43. The third-order valence-corrected chi connectivity index (χ3v) is 5.24. The van der Waals surface area contributed by atoms with E-state index in [2.05, 4.69) is 23.8 Å². The van der Waals surface area contributed by atoms with Crippen LogP contribution in [0.2, 0.25) is 0 Å². The number of carbonyl (C=O) groups excluding carboxylic acids is 2. The second kappa shape index (κ2) is 18.2. The Morgan fingerprint density at radius 2 is 1.34 bits per heavy atom. The van der Waals surface area contributed by atoms with E-state index >= 15 is 0 Å². The molecule has 1 aliphatic rings. The largest absolute Gasteiger partial charge is 0.505 e. The molecule has 7 nitrogen and oxygen atoms in total. The Kier molecular flexibility index (Phi) is 15.5. The second-order valence-electron chi connectivity index (χ2n) is 8.13. The molecule has 0 amide bonds. The maximum absolute atomic E-state index is 11.9. The average Bonchev–Trinajstić information content (AvgIpc) is 3.11. The van der Waals surface area contributed by atoms with Crippen LogP contribution in [-0.2, 0) is 14.3 Å². The summed E-state index contributed by atoms with van der Waals surface area (Å²) in [4.78, 5) is 23.1. The Bertz CT molecular complexity index is 859. The molecule has 0 spiro atoms. The van der Waals surface area contributed by atoms with Gasteiger partial charge in [-0.25, -0.2) is 4.79 Å². The lowest BCUT2D eigenvalue weighted by Gasteiger charge is -2.20. The monoisotopic (exact) mass is 486 g/mol. The lowest BCUT2D eigenvalue weighted by atomic mass is 10.0. The summed E-state index contributed by atoms with van der Waals surface area (Å²) in [7, 11) is 0. The summed E-state index contributed by atoms with van der Waals surface area (Å²) in [5.41, 5.74) is 0. The molecule has 0 aromatic heterocycles. The van der Waals surface area contributed by atoms with Crippen LogP contribution in [0.1, 0.15) is 58.3 Å². The van der Waals surface area contributed by atoms with Gasteiger partial charge in [-0.1, -0.05) is 112 Å². The summed E-state index contributed by atoms with van der Waals surface area (Å²) in [5, 5.41) is 38.5. The molecule has 35 heavy (non-hydrogen) atoms. The minimum atomic E-state index is -1.94. The summed E-state index contributed by atoms with van der Waals surface area (Å²) in [5.74, 6) is -4.08. The van der Waals surface area contributed by atoms with E-state index in [1.807, 2.05) is 30.4 Å². The summed E-state index contributed by atoms with van der Waals surface area (Å²) in [6, 6.07) is 0. The van der Waals surface area contributed by atoms with Crippen molar-refractivity contribution in [3.63, 3.8) is 0 Å². The van der Waals surface area contributed by atoms with Crippen LogP contribution in [0.3, 0.4) is 0 Å². The van der Waals surface area contributed by atoms with Crippen molar-refractivity contribution in [3.8, 4) is 0 Å². The molecule has 1 unspecified atom stereocenters. The van der Waals surface area contributed by atoms with E-state index in [1.165, 1.54) is 51.0 Å². The molecule has 0 fully saturated rings. The molecule has 1 rings (SSSR count). The third kappa shape index (κ3) is 12.2. The number of allylic oxidation sites excluding steroid dienone is 11. The quantitative estimate of drug-likeness (QED) is 0.0986. The highest BCUT2D eigenvalue weighted by molar-refractivity contribution is 5.94. The van der Waals surface area contributed by atoms with Gasteiger partial charge in [-0.3, -0.25) is 4.79 Å². The van der Waals surface area contributed by atoms with Gasteiger partial charge in [0.25, 0.3) is 0 Å². The first kappa shape index (κ1) is 29.9. The molecule has 0 radical (unpaired) electrons. The van der Waals surface area contributed by atoms with Crippen molar-refractivity contribution < 1.29 is 34.8 Å². The minimum Gasteiger partial charge on any atom is -0.505 e. The molecule has 3 atom stereocenters. The summed E-state index contributed by atoms with van der Waals surface area (Å²) < 4.78 is 4.53. The third-order valence-electron chi connectivity index (χ3n) is 5.24. The maximum atomic E-state index is 11.9. The Morgan fingerprint density at radius 1 is 0.829 bits per heavy atom. The van der Waals surface area contributed by atoms with Gasteiger partial charge < -0.3 is 25.2 Å². The van der Waals surface area contributed by atoms with Crippen LogP contribution in [0.4, 0.5) is 0 Å². The number of ketones is 1. The smallest absolute Gasteiger partial charge is 0.377 e. The van der Waals surface area contributed by atoms with Gasteiger partial charge in [-0.2, -0.15) is 0 Å². The lowest BCUT2D eigenvalue weighted by Crippen LogP contribution is -2.42. The Hall–Kier alpha value is -3.16. The SMILES string of the molecule is CCCCCCCCCC=CC=CC=CC=CC=CC=CC(=O)C(O)[C@H](O)[C@H]1OC(=O)C(O)=C1O. The molecular weight excluding hydrogens is 448 g/mol. The highest BCUT2D eigenvalue weighted by Crippen LogP contribution is 2.23. The Balaban J connectivity index is 2.23. The molecular formula is C28H38O7. The number of hydrogen-bond acceptors (Lipinski definition) is 7. The molecule has 192 valence electrons. The number of esters is 1. The number of ether oxygens (including phenoxy) is 1. The molecule has 0 aromatic carbocycles. The van der Waals surface area contributed by atoms with Crippen LogP contribution in [0, 0.1) is 0 Å². The zero-order chi connectivity index (χ0) is 25.9. The molecule has 0 bridgehead atoms. The molecule has 1 heterocycles. The predicted octanol–water partition coefficient (Wildman–Crippen LogP) is 5.01. The summed E-state index contributed by atoms with van der Waals surface area (Å²) >= 11 is 0. The zero-order valence-corrected chi connectivity index (χ0v) is 20.3. The first-order chi connectivity index (χ1) is 16.9. The maximum Gasteiger partial charge on any atom is 0.377 e. The van der Waals surface area contributed by atoms with Crippen LogP contribution >= 0.6 is 0 Å². The first-order valence-electron chi connectivity index (χ1n) is 12.1. The predicted molar refractivity (Wildman–Crippen MR) is 137 cm³/mol. The van der Waals surface area contributed by atoms with Crippen molar-refractivity contribution in [3.05, 3.63) is 84.4 Å². The molecule has 0 saturated heterocycles. The molecule has 0 aromatic rings. The van der Waals surface area contributed by atoms with Gasteiger partial charge in [0.1, 0.15) is 12.2 Å². The second-order valence-corrected chi connectivity index (χ2v) is 8.13.